The van der Waals surface area contributed by atoms with Gasteiger partial charge in [-0.1, -0.05) is 15.9 Å². The zero-order valence-corrected chi connectivity index (χ0v) is 15.3. The van der Waals surface area contributed by atoms with Crippen LogP contribution in [0.1, 0.15) is 16.5 Å². The molecule has 4 nitrogen and oxygen atoms in total. The van der Waals surface area contributed by atoms with Gasteiger partial charge in [0.05, 0.1) is 14.8 Å². The van der Waals surface area contributed by atoms with Gasteiger partial charge in [-0.25, -0.2) is 4.79 Å². The lowest BCUT2D eigenvalue weighted by Gasteiger charge is -2.12. The Morgan fingerprint density at radius 2 is 1.76 bits per heavy atom. The van der Waals surface area contributed by atoms with Gasteiger partial charge in [0.15, 0.2) is 0 Å². The van der Waals surface area contributed by atoms with Crippen molar-refractivity contribution in [1.82, 2.24) is 9.13 Å². The summed E-state index contributed by atoms with van der Waals surface area (Å²) in [5.41, 5.74) is 2.30. The van der Waals surface area contributed by atoms with Crippen molar-refractivity contribution in [2.45, 2.75) is 6.10 Å². The van der Waals surface area contributed by atoms with Crippen molar-refractivity contribution in [2.24, 2.45) is 14.1 Å². The summed E-state index contributed by atoms with van der Waals surface area (Å²) in [7, 11) is 3.47. The third-order valence-corrected chi connectivity index (χ3v) is 5.91. The molecule has 3 rings (SSSR count). The summed E-state index contributed by atoms with van der Waals surface area (Å²) in [5, 5.41) is 10.6. The standard InChI is InChI=1S/C14H12Br2N2O2S/c1-17-9-5-7(13(19)11-3-4-12(16)21-11)8(15)6-10(9)18(2)14(17)20/h3-6,13,19H,1-2H3. The van der Waals surface area contributed by atoms with Crippen molar-refractivity contribution in [2.75, 3.05) is 0 Å². The van der Waals surface area contributed by atoms with E-state index < -0.39 is 6.10 Å². The molecule has 0 saturated carbocycles. The zero-order chi connectivity index (χ0) is 15.3. The molecule has 0 fully saturated rings. The Hall–Kier alpha value is -0.890. The Morgan fingerprint density at radius 3 is 2.33 bits per heavy atom. The summed E-state index contributed by atoms with van der Waals surface area (Å²) in [6, 6.07) is 7.53. The van der Waals surface area contributed by atoms with Gasteiger partial charge in [-0.05, 0) is 40.2 Å². The van der Waals surface area contributed by atoms with Crippen molar-refractivity contribution in [3.05, 3.63) is 53.4 Å². The molecule has 1 unspecified atom stereocenters. The van der Waals surface area contributed by atoms with Crippen LogP contribution >= 0.6 is 43.2 Å². The third kappa shape index (κ3) is 2.42. The molecule has 3 aromatic rings. The van der Waals surface area contributed by atoms with E-state index in [0.29, 0.717) is 0 Å². The predicted molar refractivity (Wildman–Crippen MR) is 91.9 cm³/mol. The Balaban J connectivity index is 2.21. The van der Waals surface area contributed by atoms with Crippen LogP contribution in [0.3, 0.4) is 0 Å². The van der Waals surface area contributed by atoms with Gasteiger partial charge >= 0.3 is 5.69 Å². The molecule has 0 amide bonds. The number of fused-ring (bicyclic) bond motifs is 1. The summed E-state index contributed by atoms with van der Waals surface area (Å²) in [4.78, 5) is 12.8. The quantitative estimate of drug-likeness (QED) is 0.674. The molecular formula is C14H12Br2N2O2S. The molecule has 0 spiro atoms. The maximum atomic E-state index is 12.0. The van der Waals surface area contributed by atoms with E-state index in [0.717, 1.165) is 29.7 Å². The maximum absolute atomic E-state index is 12.0. The number of aromatic nitrogens is 2. The van der Waals surface area contributed by atoms with E-state index >= 15 is 0 Å². The van der Waals surface area contributed by atoms with Crippen LogP contribution in [0.5, 0.6) is 0 Å². The van der Waals surface area contributed by atoms with Crippen LogP contribution < -0.4 is 5.69 Å². The van der Waals surface area contributed by atoms with Gasteiger partial charge in [-0.15, -0.1) is 11.3 Å². The maximum Gasteiger partial charge on any atom is 0.328 e. The smallest absolute Gasteiger partial charge is 0.328 e. The van der Waals surface area contributed by atoms with Crippen LogP contribution in [0.2, 0.25) is 0 Å². The summed E-state index contributed by atoms with van der Waals surface area (Å²) < 4.78 is 4.94. The fraction of sp³-hybridized carbons (Fsp3) is 0.214. The Bertz CT molecular complexity index is 894. The number of aryl methyl sites for hydroxylation is 2. The molecule has 2 heterocycles. The van der Waals surface area contributed by atoms with Gasteiger partial charge in [0.1, 0.15) is 6.10 Å². The number of nitrogens with zero attached hydrogens (tertiary/aromatic N) is 2. The van der Waals surface area contributed by atoms with Crippen LogP contribution in [0, 0.1) is 0 Å². The fourth-order valence-corrected chi connectivity index (χ4v) is 4.35. The minimum absolute atomic E-state index is 0.0811. The fourth-order valence-electron chi connectivity index (χ4n) is 2.37. The van der Waals surface area contributed by atoms with Crippen LogP contribution in [-0.2, 0) is 14.1 Å². The number of imidazole rings is 1. The highest BCUT2D eigenvalue weighted by atomic mass is 79.9. The molecule has 0 saturated heterocycles. The number of aliphatic hydroxyl groups excluding tert-OH is 1. The average Bonchev–Trinajstić information content (AvgIpc) is 2.97. The number of aliphatic hydroxyl groups is 1. The largest absolute Gasteiger partial charge is 0.383 e. The molecule has 1 N–H and O–H groups in total. The molecule has 0 aliphatic heterocycles. The van der Waals surface area contributed by atoms with E-state index in [9.17, 15) is 9.90 Å². The first-order valence-electron chi connectivity index (χ1n) is 6.18. The van der Waals surface area contributed by atoms with Crippen molar-refractivity contribution in [3.63, 3.8) is 0 Å². The predicted octanol–water partition coefficient (Wildman–Crippen LogP) is 3.55. The molecule has 7 heteroatoms. The van der Waals surface area contributed by atoms with Crippen LogP contribution in [-0.4, -0.2) is 14.2 Å². The van der Waals surface area contributed by atoms with E-state index in [1.54, 1.807) is 23.2 Å². The van der Waals surface area contributed by atoms with Crippen molar-refractivity contribution in [3.8, 4) is 0 Å². The molecule has 1 aromatic carbocycles. The second-order valence-electron chi connectivity index (χ2n) is 4.81. The Labute approximate surface area is 141 Å². The van der Waals surface area contributed by atoms with Gasteiger partial charge in [0, 0.05) is 29.0 Å². The number of benzene rings is 1. The van der Waals surface area contributed by atoms with Crippen LogP contribution in [0.15, 0.2) is 37.3 Å². The normalized spacial score (nSPS) is 13.0. The SMILES string of the molecule is Cn1c(=O)n(C)c2cc(C(O)c3ccc(Br)s3)c(Br)cc21. The summed E-state index contributed by atoms with van der Waals surface area (Å²) in [5.74, 6) is 0. The Morgan fingerprint density at radius 1 is 1.14 bits per heavy atom. The molecule has 0 aliphatic rings. The minimum atomic E-state index is -0.726. The molecule has 0 bridgehead atoms. The van der Waals surface area contributed by atoms with E-state index in [2.05, 4.69) is 31.9 Å². The zero-order valence-electron chi connectivity index (χ0n) is 11.3. The third-order valence-electron chi connectivity index (χ3n) is 3.55. The van der Waals surface area contributed by atoms with E-state index in [1.807, 2.05) is 24.3 Å². The topological polar surface area (TPSA) is 47.2 Å². The molecule has 110 valence electrons. The number of thiophene rings is 1. The molecule has 1 atom stereocenters. The average molecular weight is 432 g/mol. The number of hydrogen-bond donors (Lipinski definition) is 1. The molecule has 21 heavy (non-hydrogen) atoms. The number of rotatable bonds is 2. The van der Waals surface area contributed by atoms with Crippen molar-refractivity contribution < 1.29 is 5.11 Å². The minimum Gasteiger partial charge on any atom is -0.383 e. The first kappa shape index (κ1) is 15.0. The second kappa shape index (κ2) is 5.39. The highest BCUT2D eigenvalue weighted by molar-refractivity contribution is 9.11. The van der Waals surface area contributed by atoms with E-state index in [1.165, 1.54) is 11.3 Å². The summed E-state index contributed by atoms with van der Waals surface area (Å²) in [6.45, 7) is 0. The van der Waals surface area contributed by atoms with Crippen molar-refractivity contribution >= 4 is 54.2 Å². The molecule has 2 aromatic heterocycles. The molecule has 0 radical (unpaired) electrons. The highest BCUT2D eigenvalue weighted by Crippen LogP contribution is 2.36. The monoisotopic (exact) mass is 430 g/mol. The first-order chi connectivity index (χ1) is 9.90. The number of hydrogen-bond acceptors (Lipinski definition) is 3. The van der Waals surface area contributed by atoms with E-state index in [4.69, 9.17) is 0 Å². The van der Waals surface area contributed by atoms with E-state index in [-0.39, 0.29) is 5.69 Å². The molecular weight excluding hydrogens is 420 g/mol. The lowest BCUT2D eigenvalue weighted by Crippen LogP contribution is -2.19. The molecule has 0 aliphatic carbocycles. The van der Waals surface area contributed by atoms with Gasteiger partial charge in [-0.3, -0.25) is 9.13 Å². The second-order valence-corrected chi connectivity index (χ2v) is 8.16. The van der Waals surface area contributed by atoms with Gasteiger partial charge in [-0.2, -0.15) is 0 Å². The lowest BCUT2D eigenvalue weighted by atomic mass is 10.1. The lowest BCUT2D eigenvalue weighted by molar-refractivity contribution is 0.223. The van der Waals surface area contributed by atoms with Gasteiger partial charge in [0.2, 0.25) is 0 Å². The number of halogens is 2. The Kier molecular flexibility index (Phi) is 3.85. The first-order valence-corrected chi connectivity index (χ1v) is 8.58. The highest BCUT2D eigenvalue weighted by Gasteiger charge is 2.19. The van der Waals surface area contributed by atoms with Crippen molar-refractivity contribution in [1.29, 1.82) is 0 Å². The summed E-state index contributed by atoms with van der Waals surface area (Å²) >= 11 is 8.39. The van der Waals surface area contributed by atoms with Gasteiger partial charge in [0.25, 0.3) is 0 Å². The van der Waals surface area contributed by atoms with Gasteiger partial charge < -0.3 is 5.11 Å². The van der Waals surface area contributed by atoms with Crippen LogP contribution in [0.4, 0.5) is 0 Å². The summed E-state index contributed by atoms with van der Waals surface area (Å²) in [6.07, 6.45) is -0.726. The van der Waals surface area contributed by atoms with Crippen LogP contribution in [0.25, 0.3) is 11.0 Å².